The summed E-state index contributed by atoms with van der Waals surface area (Å²) in [6.45, 7) is 3.21. The topological polar surface area (TPSA) is 42.0 Å². The van der Waals surface area contributed by atoms with Gasteiger partial charge in [-0.25, -0.2) is 9.37 Å². The summed E-state index contributed by atoms with van der Waals surface area (Å²) in [7, 11) is -2.38. The number of nitrogens with zero attached hydrogens (tertiary/aromatic N) is 1. The van der Waals surface area contributed by atoms with Crippen molar-refractivity contribution in [3.63, 3.8) is 0 Å². The molecule has 1 aromatic heterocycles. The number of nitrogens with one attached hydrogen (secondary N) is 1. The number of hydrogen-bond acceptors (Lipinski definition) is 3. The number of anilines is 1. The molecule has 1 N–H and O–H groups in total. The van der Waals surface area contributed by atoms with Crippen LogP contribution in [0.2, 0.25) is 0 Å². The molecular weight excluding hydrogens is 234 g/mol. The molecule has 0 amide bonds. The Balaban J connectivity index is 2.48. The highest BCUT2D eigenvalue weighted by atomic mass is 32.1. The molecule has 0 unspecified atom stereocenters. The van der Waals surface area contributed by atoms with Crippen molar-refractivity contribution < 1.29 is 8.96 Å². The van der Waals surface area contributed by atoms with Crippen molar-refractivity contribution in [3.05, 3.63) is 24.0 Å². The van der Waals surface area contributed by atoms with E-state index in [2.05, 4.69) is 10.1 Å². The van der Waals surface area contributed by atoms with Gasteiger partial charge in [0, 0.05) is 13.3 Å². The molecule has 0 bridgehead atoms. The first-order chi connectivity index (χ1) is 6.96. The van der Waals surface area contributed by atoms with Gasteiger partial charge in [0.1, 0.15) is 11.3 Å². The molecule has 0 spiro atoms. The van der Waals surface area contributed by atoms with Crippen LogP contribution in [-0.4, -0.2) is 18.3 Å². The molecule has 0 saturated carbocycles. The normalized spacial score (nSPS) is 11.9. The predicted molar refractivity (Wildman–Crippen MR) is 62.7 cm³/mol. The van der Waals surface area contributed by atoms with E-state index in [0.29, 0.717) is 10.6 Å². The average Bonchev–Trinajstić information content (AvgIpc) is 2.45. The van der Waals surface area contributed by atoms with E-state index in [0.717, 1.165) is 4.70 Å². The highest BCUT2D eigenvalue weighted by Crippen LogP contribution is 2.39. The van der Waals surface area contributed by atoms with Gasteiger partial charge in [0.05, 0.1) is 4.70 Å². The molecule has 0 aliphatic carbocycles. The zero-order chi connectivity index (χ0) is 11.1. The third-order valence-electron chi connectivity index (χ3n) is 1.73. The summed E-state index contributed by atoms with van der Waals surface area (Å²) < 4.78 is 25.5. The summed E-state index contributed by atoms with van der Waals surface area (Å²) in [6, 6.07) is 4.79. The first-order valence-corrected chi connectivity index (χ1v) is 7.76. The van der Waals surface area contributed by atoms with Crippen LogP contribution >= 0.6 is 18.6 Å². The molecular formula is C9H10FN2OPS. The first-order valence-electron chi connectivity index (χ1n) is 4.34. The van der Waals surface area contributed by atoms with Crippen molar-refractivity contribution in [3.8, 4) is 0 Å². The standard InChI is InChI=1S/C9H10FN2OPS/c1-14(2,13)12-9-11-8-6(10)4-3-5-7(8)15-9/h3-5H,1-2H3,(H,11,12,13). The minimum Gasteiger partial charge on any atom is -0.312 e. The Hall–Kier alpha value is -0.930. The first kappa shape index (κ1) is 10.6. The molecule has 2 rings (SSSR count). The number of benzene rings is 1. The van der Waals surface area contributed by atoms with Crippen LogP contribution in [0.25, 0.3) is 10.2 Å². The van der Waals surface area contributed by atoms with Crippen molar-refractivity contribution in [2.45, 2.75) is 0 Å². The molecule has 3 nitrogen and oxygen atoms in total. The lowest BCUT2D eigenvalue weighted by molar-refractivity contribution is 0.585. The quantitative estimate of drug-likeness (QED) is 0.823. The number of rotatable bonds is 2. The van der Waals surface area contributed by atoms with Gasteiger partial charge in [-0.3, -0.25) is 0 Å². The van der Waals surface area contributed by atoms with Gasteiger partial charge in [-0.15, -0.1) is 0 Å². The van der Waals surface area contributed by atoms with E-state index in [1.807, 2.05) is 0 Å². The highest BCUT2D eigenvalue weighted by Gasteiger charge is 2.12. The van der Waals surface area contributed by atoms with Gasteiger partial charge in [0.2, 0.25) is 0 Å². The summed E-state index contributed by atoms with van der Waals surface area (Å²) in [5, 5.41) is 3.30. The van der Waals surface area contributed by atoms with Crippen LogP contribution in [0.4, 0.5) is 9.52 Å². The molecule has 15 heavy (non-hydrogen) atoms. The Labute approximate surface area is 90.8 Å². The Morgan fingerprint density at radius 2 is 2.20 bits per heavy atom. The Kier molecular flexibility index (Phi) is 2.52. The zero-order valence-corrected chi connectivity index (χ0v) is 10.0. The lowest BCUT2D eigenvalue weighted by Crippen LogP contribution is -1.91. The van der Waals surface area contributed by atoms with Crippen LogP contribution in [-0.2, 0) is 4.57 Å². The largest absolute Gasteiger partial charge is 0.312 e. The molecule has 1 aromatic carbocycles. The van der Waals surface area contributed by atoms with Crippen LogP contribution in [0.5, 0.6) is 0 Å². The van der Waals surface area contributed by atoms with E-state index in [4.69, 9.17) is 0 Å². The van der Waals surface area contributed by atoms with Crippen LogP contribution in [0.15, 0.2) is 18.2 Å². The Morgan fingerprint density at radius 1 is 1.47 bits per heavy atom. The van der Waals surface area contributed by atoms with E-state index < -0.39 is 7.29 Å². The molecule has 2 aromatic rings. The maximum Gasteiger partial charge on any atom is 0.189 e. The molecule has 0 fully saturated rings. The van der Waals surface area contributed by atoms with Gasteiger partial charge in [0.15, 0.2) is 12.4 Å². The molecule has 0 aliphatic heterocycles. The summed E-state index contributed by atoms with van der Waals surface area (Å²) in [5.41, 5.74) is 0.332. The number of fused-ring (bicyclic) bond motifs is 1. The minimum absolute atomic E-state index is 0.332. The number of aromatic nitrogens is 1. The van der Waals surface area contributed by atoms with E-state index in [-0.39, 0.29) is 5.82 Å². The SMILES string of the molecule is CP(C)(=O)Nc1nc2c(F)cccc2s1. The molecule has 80 valence electrons. The molecule has 0 atom stereocenters. The molecule has 0 aliphatic rings. The summed E-state index contributed by atoms with van der Waals surface area (Å²) in [6.07, 6.45) is 0. The monoisotopic (exact) mass is 244 g/mol. The highest BCUT2D eigenvalue weighted by molar-refractivity contribution is 7.64. The van der Waals surface area contributed by atoms with Crippen molar-refractivity contribution in [1.82, 2.24) is 4.98 Å². The molecule has 1 heterocycles. The van der Waals surface area contributed by atoms with Crippen LogP contribution in [0, 0.1) is 5.82 Å². The summed E-state index contributed by atoms with van der Waals surface area (Å²) in [4.78, 5) is 4.06. The molecule has 0 radical (unpaired) electrons. The van der Waals surface area contributed by atoms with E-state index in [1.165, 1.54) is 17.4 Å². The van der Waals surface area contributed by atoms with Crippen molar-refractivity contribution in [2.75, 3.05) is 18.4 Å². The number of para-hydroxylation sites is 1. The van der Waals surface area contributed by atoms with Gasteiger partial charge in [-0.05, 0) is 12.1 Å². The smallest absolute Gasteiger partial charge is 0.189 e. The fraction of sp³-hybridized carbons (Fsp3) is 0.222. The fourth-order valence-electron chi connectivity index (χ4n) is 1.19. The Bertz CT molecular complexity index is 548. The van der Waals surface area contributed by atoms with Crippen LogP contribution < -0.4 is 5.09 Å². The van der Waals surface area contributed by atoms with E-state index in [1.54, 1.807) is 25.5 Å². The molecule has 0 saturated heterocycles. The van der Waals surface area contributed by atoms with Gasteiger partial charge in [-0.1, -0.05) is 17.4 Å². The van der Waals surface area contributed by atoms with E-state index >= 15 is 0 Å². The third kappa shape index (κ3) is 2.36. The van der Waals surface area contributed by atoms with Gasteiger partial charge in [-0.2, -0.15) is 0 Å². The second-order valence-electron chi connectivity index (χ2n) is 3.57. The summed E-state index contributed by atoms with van der Waals surface area (Å²) >= 11 is 1.30. The number of halogens is 1. The van der Waals surface area contributed by atoms with E-state index in [9.17, 15) is 8.96 Å². The average molecular weight is 244 g/mol. The lowest BCUT2D eigenvalue weighted by atomic mass is 10.3. The zero-order valence-electron chi connectivity index (χ0n) is 8.32. The fourth-order valence-corrected chi connectivity index (χ4v) is 3.28. The van der Waals surface area contributed by atoms with Gasteiger partial charge >= 0.3 is 0 Å². The molecule has 6 heteroatoms. The second-order valence-corrected chi connectivity index (χ2v) is 7.52. The Morgan fingerprint density at radius 3 is 2.80 bits per heavy atom. The van der Waals surface area contributed by atoms with Crippen molar-refractivity contribution in [2.24, 2.45) is 0 Å². The number of thiazole rings is 1. The van der Waals surface area contributed by atoms with Gasteiger partial charge in [0.25, 0.3) is 0 Å². The second kappa shape index (κ2) is 3.58. The number of hydrogen-bond donors (Lipinski definition) is 1. The lowest BCUT2D eigenvalue weighted by Gasteiger charge is -2.05. The minimum atomic E-state index is -2.38. The predicted octanol–water partition coefficient (Wildman–Crippen LogP) is 3.39. The third-order valence-corrected chi connectivity index (χ3v) is 3.57. The van der Waals surface area contributed by atoms with Crippen molar-refractivity contribution in [1.29, 1.82) is 0 Å². The maximum atomic E-state index is 13.3. The van der Waals surface area contributed by atoms with Crippen LogP contribution in [0.1, 0.15) is 0 Å². The van der Waals surface area contributed by atoms with Crippen LogP contribution in [0.3, 0.4) is 0 Å². The maximum absolute atomic E-state index is 13.3. The van der Waals surface area contributed by atoms with Gasteiger partial charge < -0.3 is 9.65 Å². The summed E-state index contributed by atoms with van der Waals surface area (Å²) in [5.74, 6) is -0.348. The van der Waals surface area contributed by atoms with Crippen molar-refractivity contribution >= 4 is 34.0 Å².